The SMILES string of the molecule is CCCSc1nnc2c(n1)OC(c1ccncc1)Nc1ccc(Br)cc1-2. The van der Waals surface area contributed by atoms with Gasteiger partial charge < -0.3 is 10.1 Å². The molecule has 2 aromatic heterocycles. The molecule has 0 amide bonds. The zero-order valence-corrected chi connectivity index (χ0v) is 16.4. The molecule has 8 heteroatoms. The number of hydrogen-bond acceptors (Lipinski definition) is 7. The van der Waals surface area contributed by atoms with Crippen molar-refractivity contribution in [3.8, 4) is 17.1 Å². The summed E-state index contributed by atoms with van der Waals surface area (Å²) in [5.74, 6) is 1.42. The lowest BCUT2D eigenvalue weighted by Gasteiger charge is -2.19. The Morgan fingerprint density at radius 1 is 1.19 bits per heavy atom. The molecule has 0 radical (unpaired) electrons. The van der Waals surface area contributed by atoms with Crippen molar-refractivity contribution in [3.05, 3.63) is 52.8 Å². The Labute approximate surface area is 164 Å². The smallest absolute Gasteiger partial charge is 0.247 e. The first-order valence-electron chi connectivity index (χ1n) is 8.25. The number of halogens is 1. The Kier molecular flexibility index (Phi) is 5.03. The van der Waals surface area contributed by atoms with E-state index in [9.17, 15) is 0 Å². The fourth-order valence-electron chi connectivity index (χ4n) is 2.61. The van der Waals surface area contributed by atoms with Crippen LogP contribution in [-0.2, 0) is 0 Å². The summed E-state index contributed by atoms with van der Waals surface area (Å²) in [6.07, 6.45) is 4.15. The van der Waals surface area contributed by atoms with E-state index in [0.29, 0.717) is 16.7 Å². The van der Waals surface area contributed by atoms with E-state index in [0.717, 1.165) is 33.5 Å². The predicted molar refractivity (Wildman–Crippen MR) is 105 cm³/mol. The van der Waals surface area contributed by atoms with Crippen molar-refractivity contribution >= 4 is 33.4 Å². The van der Waals surface area contributed by atoms with Gasteiger partial charge in [0.1, 0.15) is 0 Å². The maximum atomic E-state index is 6.20. The van der Waals surface area contributed by atoms with Gasteiger partial charge in [0, 0.05) is 39.4 Å². The average molecular weight is 430 g/mol. The first kappa shape index (κ1) is 17.2. The van der Waals surface area contributed by atoms with E-state index >= 15 is 0 Å². The molecule has 0 bridgehead atoms. The third-order valence-electron chi connectivity index (χ3n) is 3.83. The van der Waals surface area contributed by atoms with Crippen LogP contribution >= 0.6 is 27.7 Å². The Morgan fingerprint density at radius 2 is 2.04 bits per heavy atom. The summed E-state index contributed by atoms with van der Waals surface area (Å²) in [5.41, 5.74) is 3.41. The molecule has 132 valence electrons. The number of ether oxygens (including phenoxy) is 1. The molecule has 1 N–H and O–H groups in total. The third kappa shape index (κ3) is 3.52. The summed E-state index contributed by atoms with van der Waals surface area (Å²) >= 11 is 5.10. The van der Waals surface area contributed by atoms with Crippen LogP contribution in [0.2, 0.25) is 0 Å². The molecule has 0 saturated carbocycles. The highest BCUT2D eigenvalue weighted by Gasteiger charge is 2.26. The van der Waals surface area contributed by atoms with E-state index in [1.807, 2.05) is 30.3 Å². The maximum Gasteiger partial charge on any atom is 0.247 e. The highest BCUT2D eigenvalue weighted by atomic mass is 79.9. The molecule has 26 heavy (non-hydrogen) atoms. The van der Waals surface area contributed by atoms with Gasteiger partial charge in [-0.05, 0) is 36.8 Å². The molecule has 6 nitrogen and oxygen atoms in total. The Hall–Kier alpha value is -2.19. The lowest BCUT2D eigenvalue weighted by molar-refractivity contribution is 0.225. The molecule has 0 aliphatic carbocycles. The lowest BCUT2D eigenvalue weighted by atomic mass is 10.1. The average Bonchev–Trinajstić information content (AvgIpc) is 2.83. The van der Waals surface area contributed by atoms with Crippen molar-refractivity contribution in [3.63, 3.8) is 0 Å². The van der Waals surface area contributed by atoms with Crippen LogP contribution in [0.25, 0.3) is 11.3 Å². The summed E-state index contributed by atoms with van der Waals surface area (Å²) in [6, 6.07) is 9.81. The molecule has 1 unspecified atom stereocenters. The molecule has 4 rings (SSSR count). The molecule has 1 aromatic carbocycles. The number of nitrogens with one attached hydrogen (secondary N) is 1. The number of benzene rings is 1. The fourth-order valence-corrected chi connectivity index (χ4v) is 3.61. The summed E-state index contributed by atoms with van der Waals surface area (Å²) in [4.78, 5) is 8.69. The van der Waals surface area contributed by atoms with Gasteiger partial charge in [0.25, 0.3) is 0 Å². The first-order chi connectivity index (χ1) is 12.7. The van der Waals surface area contributed by atoms with Gasteiger partial charge in [-0.1, -0.05) is 34.6 Å². The number of rotatable bonds is 4. The second-order valence-corrected chi connectivity index (χ2v) is 7.69. The van der Waals surface area contributed by atoms with E-state index in [4.69, 9.17) is 4.74 Å². The van der Waals surface area contributed by atoms with Crippen LogP contribution in [0, 0.1) is 0 Å². The van der Waals surface area contributed by atoms with Gasteiger partial charge in [-0.2, -0.15) is 4.98 Å². The zero-order chi connectivity index (χ0) is 17.9. The molecule has 0 spiro atoms. The topological polar surface area (TPSA) is 72.8 Å². The van der Waals surface area contributed by atoms with Gasteiger partial charge in [0.2, 0.25) is 11.0 Å². The van der Waals surface area contributed by atoms with Crippen LogP contribution in [0.15, 0.2) is 52.4 Å². The number of anilines is 1. The van der Waals surface area contributed by atoms with Crippen molar-refractivity contribution in [2.24, 2.45) is 0 Å². The number of thioether (sulfide) groups is 1. The molecule has 0 fully saturated rings. The monoisotopic (exact) mass is 429 g/mol. The molecule has 1 aliphatic heterocycles. The summed E-state index contributed by atoms with van der Waals surface area (Å²) < 4.78 is 7.16. The highest BCUT2D eigenvalue weighted by molar-refractivity contribution is 9.10. The molecule has 3 heterocycles. The molecule has 1 atom stereocenters. The van der Waals surface area contributed by atoms with Crippen LogP contribution in [0.5, 0.6) is 5.88 Å². The van der Waals surface area contributed by atoms with Crippen LogP contribution in [-0.4, -0.2) is 25.9 Å². The van der Waals surface area contributed by atoms with Gasteiger partial charge in [-0.25, -0.2) is 0 Å². The number of fused-ring (bicyclic) bond motifs is 3. The first-order valence-corrected chi connectivity index (χ1v) is 10.0. The third-order valence-corrected chi connectivity index (χ3v) is 5.37. The van der Waals surface area contributed by atoms with Crippen molar-refractivity contribution < 1.29 is 4.74 Å². The Bertz CT molecular complexity index is 925. The molecular formula is C18H16BrN5OS. The van der Waals surface area contributed by atoms with Crippen LogP contribution in [0.4, 0.5) is 5.69 Å². The zero-order valence-electron chi connectivity index (χ0n) is 14.0. The number of hydrogen-bond donors (Lipinski definition) is 1. The minimum atomic E-state index is -0.389. The van der Waals surface area contributed by atoms with Crippen LogP contribution in [0.3, 0.4) is 0 Å². The van der Waals surface area contributed by atoms with Gasteiger partial charge in [0.15, 0.2) is 11.9 Å². The largest absolute Gasteiger partial charge is 0.448 e. The van der Waals surface area contributed by atoms with E-state index < -0.39 is 0 Å². The van der Waals surface area contributed by atoms with Crippen LogP contribution in [0.1, 0.15) is 25.1 Å². The van der Waals surface area contributed by atoms with Crippen LogP contribution < -0.4 is 10.1 Å². The van der Waals surface area contributed by atoms with E-state index in [2.05, 4.69) is 48.3 Å². The minimum absolute atomic E-state index is 0.389. The summed E-state index contributed by atoms with van der Waals surface area (Å²) in [6.45, 7) is 2.12. The molecule has 3 aromatic rings. The van der Waals surface area contributed by atoms with Crippen molar-refractivity contribution in [2.75, 3.05) is 11.1 Å². The van der Waals surface area contributed by atoms with Gasteiger partial charge in [-0.3, -0.25) is 4.98 Å². The quantitative estimate of drug-likeness (QED) is 0.602. The number of nitrogens with zero attached hydrogens (tertiary/aromatic N) is 4. The second-order valence-electron chi connectivity index (χ2n) is 5.71. The number of pyridine rings is 1. The molecule has 0 saturated heterocycles. The number of aromatic nitrogens is 4. The fraction of sp³-hybridized carbons (Fsp3) is 0.222. The van der Waals surface area contributed by atoms with E-state index in [1.165, 1.54) is 0 Å². The predicted octanol–water partition coefficient (Wildman–Crippen LogP) is 4.70. The minimum Gasteiger partial charge on any atom is -0.448 e. The van der Waals surface area contributed by atoms with Gasteiger partial charge in [0.05, 0.1) is 0 Å². The standard InChI is InChI=1S/C18H16BrN5OS/c1-2-9-26-18-22-17-15(23-24-18)13-10-12(19)3-4-14(13)21-16(25-17)11-5-7-20-8-6-11/h3-8,10,16,21H,2,9H2,1H3. The van der Waals surface area contributed by atoms with E-state index in [1.54, 1.807) is 24.2 Å². The van der Waals surface area contributed by atoms with Crippen molar-refractivity contribution in [1.29, 1.82) is 0 Å². The van der Waals surface area contributed by atoms with E-state index in [-0.39, 0.29) is 6.23 Å². The summed E-state index contributed by atoms with van der Waals surface area (Å²) in [5, 5.41) is 12.7. The molecular weight excluding hydrogens is 414 g/mol. The normalized spacial score (nSPS) is 15.2. The Morgan fingerprint density at radius 3 is 2.85 bits per heavy atom. The van der Waals surface area contributed by atoms with Gasteiger partial charge in [-0.15, -0.1) is 10.2 Å². The van der Waals surface area contributed by atoms with Crippen molar-refractivity contribution in [2.45, 2.75) is 24.7 Å². The Balaban J connectivity index is 1.81. The maximum absolute atomic E-state index is 6.20. The van der Waals surface area contributed by atoms with Gasteiger partial charge >= 0.3 is 0 Å². The summed E-state index contributed by atoms with van der Waals surface area (Å²) in [7, 11) is 0. The lowest BCUT2D eigenvalue weighted by Crippen LogP contribution is -2.17. The second kappa shape index (κ2) is 7.59. The van der Waals surface area contributed by atoms with Crippen molar-refractivity contribution in [1.82, 2.24) is 20.2 Å². The molecule has 1 aliphatic rings. The highest BCUT2D eigenvalue weighted by Crippen LogP contribution is 2.40.